The number of nitrogens with one attached hydrogen (secondary N) is 1. The third kappa shape index (κ3) is 4.02. The van der Waals surface area contributed by atoms with Gasteiger partial charge in [-0.05, 0) is 30.7 Å². The lowest BCUT2D eigenvalue weighted by Gasteiger charge is -2.05. The van der Waals surface area contributed by atoms with Crippen molar-refractivity contribution in [1.29, 1.82) is 0 Å². The predicted octanol–water partition coefficient (Wildman–Crippen LogP) is 4.64. The van der Waals surface area contributed by atoms with Gasteiger partial charge < -0.3 is 5.32 Å². The second-order valence-corrected chi connectivity index (χ2v) is 7.33. The van der Waals surface area contributed by atoms with Crippen LogP contribution in [0.5, 0.6) is 0 Å². The van der Waals surface area contributed by atoms with Gasteiger partial charge in [0.15, 0.2) is 0 Å². The van der Waals surface area contributed by atoms with Crippen molar-refractivity contribution in [3.05, 3.63) is 46.6 Å². The molecule has 0 saturated heterocycles. The smallest absolute Gasteiger partial charge is 0.234 e. The molecule has 0 unspecified atom stereocenters. The monoisotopic (exact) mass is 363 g/mol. The van der Waals surface area contributed by atoms with Gasteiger partial charge in [-0.3, -0.25) is 4.79 Å². The van der Waals surface area contributed by atoms with Crippen LogP contribution in [0.1, 0.15) is 11.8 Å². The van der Waals surface area contributed by atoms with E-state index in [0.717, 1.165) is 21.7 Å². The maximum absolute atomic E-state index is 12.1. The van der Waals surface area contributed by atoms with Gasteiger partial charge in [-0.15, -0.1) is 11.3 Å². The van der Waals surface area contributed by atoms with E-state index in [4.69, 9.17) is 11.6 Å². The number of rotatable bonds is 5. The molecule has 0 aliphatic carbocycles. The zero-order valence-electron chi connectivity index (χ0n) is 12.4. The van der Waals surface area contributed by atoms with E-state index in [1.54, 1.807) is 35.9 Å². The van der Waals surface area contributed by atoms with Crippen molar-refractivity contribution in [3.63, 3.8) is 0 Å². The summed E-state index contributed by atoms with van der Waals surface area (Å²) in [6.07, 6.45) is 2.52. The maximum atomic E-state index is 12.1. The van der Waals surface area contributed by atoms with Crippen LogP contribution in [-0.2, 0) is 11.2 Å². The summed E-state index contributed by atoms with van der Waals surface area (Å²) in [4.78, 5) is 22.9. The van der Waals surface area contributed by atoms with Gasteiger partial charge in [0.25, 0.3) is 0 Å². The zero-order chi connectivity index (χ0) is 16.2. The average molecular weight is 364 g/mol. The van der Waals surface area contributed by atoms with Crippen molar-refractivity contribution in [1.82, 2.24) is 9.97 Å². The molecule has 2 heterocycles. The highest BCUT2D eigenvalue weighted by Crippen LogP contribution is 2.31. The molecule has 4 nitrogen and oxygen atoms in total. The highest BCUT2D eigenvalue weighted by molar-refractivity contribution is 8.00. The van der Waals surface area contributed by atoms with Crippen LogP contribution in [0.25, 0.3) is 10.2 Å². The number of thiophene rings is 1. The fourth-order valence-corrected chi connectivity index (χ4v) is 4.03. The van der Waals surface area contributed by atoms with E-state index in [-0.39, 0.29) is 11.7 Å². The third-order valence-corrected chi connectivity index (χ3v) is 5.57. The third-order valence-electron chi connectivity index (χ3n) is 3.14. The van der Waals surface area contributed by atoms with Gasteiger partial charge in [-0.2, -0.15) is 0 Å². The number of aryl methyl sites for hydroxylation is 1. The van der Waals surface area contributed by atoms with Crippen LogP contribution >= 0.6 is 34.7 Å². The summed E-state index contributed by atoms with van der Waals surface area (Å²) in [6.45, 7) is 2.11. The Morgan fingerprint density at radius 3 is 3.00 bits per heavy atom. The van der Waals surface area contributed by atoms with Crippen molar-refractivity contribution in [2.45, 2.75) is 18.4 Å². The first-order valence-corrected chi connectivity index (χ1v) is 9.25. The molecule has 1 N–H and O–H groups in total. The average Bonchev–Trinajstić information content (AvgIpc) is 2.96. The molecule has 0 bridgehead atoms. The molecule has 0 fully saturated rings. The fraction of sp³-hybridized carbons (Fsp3) is 0.188. The largest absolute Gasteiger partial charge is 0.325 e. The summed E-state index contributed by atoms with van der Waals surface area (Å²) < 4.78 is 0. The van der Waals surface area contributed by atoms with E-state index in [9.17, 15) is 4.79 Å². The summed E-state index contributed by atoms with van der Waals surface area (Å²) in [7, 11) is 0. The molecule has 0 aliphatic heterocycles. The first-order valence-electron chi connectivity index (χ1n) is 7.07. The molecule has 0 aliphatic rings. The Balaban J connectivity index is 1.68. The van der Waals surface area contributed by atoms with Gasteiger partial charge in [-0.25, -0.2) is 9.97 Å². The molecule has 0 radical (unpaired) electrons. The Bertz CT molecular complexity index is 850. The molecule has 0 atom stereocenters. The number of nitrogens with zero attached hydrogens (tertiary/aromatic N) is 2. The lowest BCUT2D eigenvalue weighted by Crippen LogP contribution is -2.14. The van der Waals surface area contributed by atoms with Gasteiger partial charge in [0.2, 0.25) is 5.91 Å². The number of hydrogen-bond acceptors (Lipinski definition) is 5. The standard InChI is InChI=1S/C16H14ClN3OS2/c1-2-12-7-13-15(18-9-19-16(13)23-12)22-8-14(21)20-11-5-3-4-10(17)6-11/h3-7,9H,2,8H2,1H3,(H,20,21). The molecule has 1 aromatic carbocycles. The number of fused-ring (bicyclic) bond motifs is 1. The highest BCUT2D eigenvalue weighted by atomic mass is 35.5. The molecule has 0 spiro atoms. The van der Waals surface area contributed by atoms with Crippen molar-refractivity contribution in [2.75, 3.05) is 11.1 Å². The minimum Gasteiger partial charge on any atom is -0.325 e. The molecule has 118 valence electrons. The Kier molecular flexibility index (Phi) is 5.15. The normalized spacial score (nSPS) is 10.9. The van der Waals surface area contributed by atoms with E-state index in [2.05, 4.69) is 28.3 Å². The minimum atomic E-state index is -0.0880. The maximum Gasteiger partial charge on any atom is 0.234 e. The van der Waals surface area contributed by atoms with Gasteiger partial charge in [0.05, 0.1) is 5.75 Å². The van der Waals surface area contributed by atoms with Crippen LogP contribution in [0.2, 0.25) is 5.02 Å². The Hall–Kier alpha value is -1.63. The van der Waals surface area contributed by atoms with Crippen LogP contribution in [0.15, 0.2) is 41.7 Å². The number of amides is 1. The van der Waals surface area contributed by atoms with Crippen molar-refractivity contribution >= 4 is 56.5 Å². The van der Waals surface area contributed by atoms with Crippen LogP contribution in [0, 0.1) is 0 Å². The second-order valence-electron chi connectivity index (χ2n) is 4.81. The van der Waals surface area contributed by atoms with Crippen molar-refractivity contribution < 1.29 is 4.79 Å². The second kappa shape index (κ2) is 7.29. The summed E-state index contributed by atoms with van der Waals surface area (Å²) in [5.74, 6) is 0.200. The number of anilines is 1. The lowest BCUT2D eigenvalue weighted by molar-refractivity contribution is -0.113. The summed E-state index contributed by atoms with van der Waals surface area (Å²) >= 11 is 9.00. The summed E-state index contributed by atoms with van der Waals surface area (Å²) in [5.41, 5.74) is 0.694. The van der Waals surface area contributed by atoms with Crippen molar-refractivity contribution in [2.24, 2.45) is 0 Å². The van der Waals surface area contributed by atoms with Crippen molar-refractivity contribution in [3.8, 4) is 0 Å². The SMILES string of the molecule is CCc1cc2c(SCC(=O)Nc3cccc(Cl)c3)ncnc2s1. The predicted molar refractivity (Wildman–Crippen MR) is 97.6 cm³/mol. The number of carbonyl (C=O) groups excluding carboxylic acids is 1. The highest BCUT2D eigenvalue weighted by Gasteiger charge is 2.11. The zero-order valence-corrected chi connectivity index (χ0v) is 14.8. The lowest BCUT2D eigenvalue weighted by atomic mass is 10.3. The fourth-order valence-electron chi connectivity index (χ4n) is 2.07. The molecular weight excluding hydrogens is 350 g/mol. The summed E-state index contributed by atoms with van der Waals surface area (Å²) in [5, 5.41) is 5.29. The number of hydrogen-bond donors (Lipinski definition) is 1. The Labute approximate surface area is 147 Å². The molecule has 3 rings (SSSR count). The first kappa shape index (κ1) is 16.2. The first-order chi connectivity index (χ1) is 11.2. The van der Waals surface area contributed by atoms with Gasteiger partial charge in [-0.1, -0.05) is 36.4 Å². The van der Waals surface area contributed by atoms with Gasteiger partial charge in [0.1, 0.15) is 16.2 Å². The van der Waals surface area contributed by atoms with Crippen LogP contribution < -0.4 is 5.32 Å². The number of benzene rings is 1. The van der Waals surface area contributed by atoms with E-state index in [1.807, 2.05) is 6.07 Å². The molecule has 0 saturated carbocycles. The number of thioether (sulfide) groups is 1. The van der Waals surface area contributed by atoms with E-state index >= 15 is 0 Å². The summed E-state index contributed by atoms with van der Waals surface area (Å²) in [6, 6.07) is 9.21. The molecule has 2 aromatic heterocycles. The van der Waals surface area contributed by atoms with Crippen LogP contribution in [-0.4, -0.2) is 21.6 Å². The number of halogens is 1. The van der Waals surface area contributed by atoms with Gasteiger partial charge >= 0.3 is 0 Å². The van der Waals surface area contributed by atoms with Crippen LogP contribution in [0.4, 0.5) is 5.69 Å². The molecular formula is C16H14ClN3OS2. The van der Waals surface area contributed by atoms with E-state index in [1.165, 1.54) is 16.6 Å². The van der Waals surface area contributed by atoms with Crippen LogP contribution in [0.3, 0.4) is 0 Å². The number of carbonyl (C=O) groups is 1. The number of aromatic nitrogens is 2. The quantitative estimate of drug-likeness (QED) is 0.530. The molecule has 23 heavy (non-hydrogen) atoms. The molecule has 1 amide bonds. The topological polar surface area (TPSA) is 54.9 Å². The van der Waals surface area contributed by atoms with E-state index in [0.29, 0.717) is 10.7 Å². The Morgan fingerprint density at radius 1 is 1.35 bits per heavy atom. The molecule has 7 heteroatoms. The molecule has 3 aromatic rings. The Morgan fingerprint density at radius 2 is 2.22 bits per heavy atom. The van der Waals surface area contributed by atoms with E-state index < -0.39 is 0 Å². The minimum absolute atomic E-state index is 0.0880. The van der Waals surface area contributed by atoms with Gasteiger partial charge in [0, 0.05) is 21.0 Å².